The number of amides is 1. The number of nitrogens with zero attached hydrogens (tertiary/aromatic N) is 2. The van der Waals surface area contributed by atoms with Gasteiger partial charge in [-0.1, -0.05) is 18.2 Å². The number of primary amides is 1. The van der Waals surface area contributed by atoms with E-state index in [-0.39, 0.29) is 11.8 Å². The molecule has 2 atom stereocenters. The molecule has 0 aliphatic carbocycles. The Morgan fingerprint density at radius 3 is 2.65 bits per heavy atom. The SMILES string of the molecule is NC(=O)[C@H]1CCN(C[C@@H]2CCN(c3ccccc3)C2)C1. The van der Waals surface area contributed by atoms with Gasteiger partial charge in [0.15, 0.2) is 0 Å². The van der Waals surface area contributed by atoms with Crippen LogP contribution in [0.3, 0.4) is 0 Å². The fourth-order valence-corrected chi connectivity index (χ4v) is 3.45. The van der Waals surface area contributed by atoms with Gasteiger partial charge in [0.25, 0.3) is 0 Å². The quantitative estimate of drug-likeness (QED) is 0.900. The Labute approximate surface area is 120 Å². The first-order valence-corrected chi connectivity index (χ1v) is 7.54. The van der Waals surface area contributed by atoms with Gasteiger partial charge in [-0.2, -0.15) is 0 Å². The number of anilines is 1. The first kappa shape index (κ1) is 13.4. The van der Waals surface area contributed by atoms with E-state index in [2.05, 4.69) is 40.1 Å². The molecule has 1 aromatic carbocycles. The monoisotopic (exact) mass is 273 g/mol. The van der Waals surface area contributed by atoms with Crippen molar-refractivity contribution in [2.75, 3.05) is 37.6 Å². The van der Waals surface area contributed by atoms with Crippen molar-refractivity contribution in [2.24, 2.45) is 17.6 Å². The maximum atomic E-state index is 11.2. The highest BCUT2D eigenvalue weighted by molar-refractivity contribution is 5.77. The molecule has 2 N–H and O–H groups in total. The van der Waals surface area contributed by atoms with Gasteiger partial charge in [-0.05, 0) is 37.4 Å². The Morgan fingerprint density at radius 2 is 1.95 bits per heavy atom. The molecule has 2 aliphatic heterocycles. The normalized spacial score (nSPS) is 27.1. The van der Waals surface area contributed by atoms with Crippen LogP contribution in [0.25, 0.3) is 0 Å². The van der Waals surface area contributed by atoms with Gasteiger partial charge >= 0.3 is 0 Å². The molecule has 0 saturated carbocycles. The van der Waals surface area contributed by atoms with Gasteiger partial charge < -0.3 is 15.5 Å². The number of likely N-dealkylation sites (tertiary alicyclic amines) is 1. The lowest BCUT2D eigenvalue weighted by Gasteiger charge is -2.22. The molecule has 2 heterocycles. The Bertz CT molecular complexity index is 462. The Hall–Kier alpha value is -1.55. The van der Waals surface area contributed by atoms with E-state index in [0.29, 0.717) is 5.92 Å². The highest BCUT2D eigenvalue weighted by Gasteiger charge is 2.30. The van der Waals surface area contributed by atoms with E-state index in [1.165, 1.54) is 12.1 Å². The van der Waals surface area contributed by atoms with Crippen LogP contribution in [0.1, 0.15) is 12.8 Å². The molecule has 0 spiro atoms. The van der Waals surface area contributed by atoms with Crippen LogP contribution in [0.4, 0.5) is 5.69 Å². The summed E-state index contributed by atoms with van der Waals surface area (Å²) in [6, 6.07) is 10.6. The zero-order valence-electron chi connectivity index (χ0n) is 11.9. The maximum absolute atomic E-state index is 11.2. The number of hydrogen-bond acceptors (Lipinski definition) is 3. The summed E-state index contributed by atoms with van der Waals surface area (Å²) in [6.07, 6.45) is 2.18. The van der Waals surface area contributed by atoms with Crippen LogP contribution in [-0.2, 0) is 4.79 Å². The molecular weight excluding hydrogens is 250 g/mol. The molecule has 2 saturated heterocycles. The van der Waals surface area contributed by atoms with Crippen molar-refractivity contribution in [3.8, 4) is 0 Å². The Morgan fingerprint density at radius 1 is 1.15 bits per heavy atom. The first-order valence-electron chi connectivity index (χ1n) is 7.54. The van der Waals surface area contributed by atoms with Crippen molar-refractivity contribution in [1.29, 1.82) is 0 Å². The molecule has 0 radical (unpaired) electrons. The lowest BCUT2D eigenvalue weighted by atomic mass is 10.1. The van der Waals surface area contributed by atoms with E-state index in [0.717, 1.165) is 39.1 Å². The molecule has 2 fully saturated rings. The first-order chi connectivity index (χ1) is 9.72. The van der Waals surface area contributed by atoms with E-state index in [1.54, 1.807) is 0 Å². The van der Waals surface area contributed by atoms with E-state index in [4.69, 9.17) is 5.73 Å². The molecule has 0 unspecified atom stereocenters. The van der Waals surface area contributed by atoms with Crippen LogP contribution in [0.2, 0.25) is 0 Å². The summed E-state index contributed by atoms with van der Waals surface area (Å²) in [6.45, 7) is 5.25. The molecule has 4 heteroatoms. The standard InChI is InChI=1S/C16H23N3O/c17-16(20)14-7-8-18(12-14)10-13-6-9-19(11-13)15-4-2-1-3-5-15/h1-5,13-14H,6-12H2,(H2,17,20)/t13-,14-/m0/s1. The van der Waals surface area contributed by atoms with Crippen LogP contribution in [0.5, 0.6) is 0 Å². The smallest absolute Gasteiger partial charge is 0.221 e. The minimum absolute atomic E-state index is 0.0710. The number of benzene rings is 1. The summed E-state index contributed by atoms with van der Waals surface area (Å²) < 4.78 is 0. The summed E-state index contributed by atoms with van der Waals surface area (Å²) in [5.74, 6) is 0.647. The van der Waals surface area contributed by atoms with Crippen LogP contribution >= 0.6 is 0 Å². The van der Waals surface area contributed by atoms with Crippen molar-refractivity contribution in [1.82, 2.24) is 4.90 Å². The van der Waals surface area contributed by atoms with Crippen LogP contribution < -0.4 is 10.6 Å². The highest BCUT2D eigenvalue weighted by Crippen LogP contribution is 2.25. The topological polar surface area (TPSA) is 49.6 Å². The number of hydrogen-bond donors (Lipinski definition) is 1. The number of para-hydroxylation sites is 1. The van der Waals surface area contributed by atoms with Crippen molar-refractivity contribution in [3.63, 3.8) is 0 Å². The largest absolute Gasteiger partial charge is 0.371 e. The van der Waals surface area contributed by atoms with Gasteiger partial charge in [0, 0.05) is 31.9 Å². The van der Waals surface area contributed by atoms with E-state index >= 15 is 0 Å². The van der Waals surface area contributed by atoms with Crippen molar-refractivity contribution >= 4 is 11.6 Å². The molecule has 108 valence electrons. The summed E-state index contributed by atoms with van der Waals surface area (Å²) in [5.41, 5.74) is 6.72. The third kappa shape index (κ3) is 2.96. The molecule has 0 aromatic heterocycles. The summed E-state index contributed by atoms with van der Waals surface area (Å²) in [5, 5.41) is 0. The van der Waals surface area contributed by atoms with Crippen LogP contribution in [-0.4, -0.2) is 43.5 Å². The third-order valence-corrected chi connectivity index (χ3v) is 4.60. The predicted molar refractivity (Wildman–Crippen MR) is 80.5 cm³/mol. The lowest BCUT2D eigenvalue weighted by Crippen LogP contribution is -2.32. The molecule has 0 bridgehead atoms. The summed E-state index contributed by atoms with van der Waals surface area (Å²) in [7, 11) is 0. The predicted octanol–water partition coefficient (Wildman–Crippen LogP) is 1.32. The van der Waals surface area contributed by atoms with Crippen molar-refractivity contribution in [2.45, 2.75) is 12.8 Å². The van der Waals surface area contributed by atoms with Crippen LogP contribution in [0.15, 0.2) is 30.3 Å². The zero-order chi connectivity index (χ0) is 13.9. The second-order valence-electron chi connectivity index (χ2n) is 6.08. The average molecular weight is 273 g/mol. The van der Waals surface area contributed by atoms with Gasteiger partial charge in [-0.15, -0.1) is 0 Å². The molecule has 3 rings (SSSR count). The number of carbonyl (C=O) groups excluding carboxylic acids is 1. The van der Waals surface area contributed by atoms with Gasteiger partial charge in [-0.3, -0.25) is 4.79 Å². The maximum Gasteiger partial charge on any atom is 0.221 e. The van der Waals surface area contributed by atoms with Gasteiger partial charge in [0.1, 0.15) is 0 Å². The Balaban J connectivity index is 1.50. The lowest BCUT2D eigenvalue weighted by molar-refractivity contribution is -0.121. The van der Waals surface area contributed by atoms with E-state index < -0.39 is 0 Å². The minimum Gasteiger partial charge on any atom is -0.371 e. The summed E-state index contributed by atoms with van der Waals surface area (Å²) in [4.78, 5) is 16.1. The molecule has 4 nitrogen and oxygen atoms in total. The second-order valence-corrected chi connectivity index (χ2v) is 6.08. The molecule has 1 amide bonds. The van der Waals surface area contributed by atoms with Gasteiger partial charge in [0.2, 0.25) is 5.91 Å². The van der Waals surface area contributed by atoms with Gasteiger partial charge in [0.05, 0.1) is 5.92 Å². The van der Waals surface area contributed by atoms with E-state index in [9.17, 15) is 4.79 Å². The molecule has 20 heavy (non-hydrogen) atoms. The van der Waals surface area contributed by atoms with Crippen LogP contribution in [0, 0.1) is 11.8 Å². The molecular formula is C16H23N3O. The van der Waals surface area contributed by atoms with Gasteiger partial charge in [-0.25, -0.2) is 0 Å². The summed E-state index contributed by atoms with van der Waals surface area (Å²) >= 11 is 0. The second kappa shape index (κ2) is 5.83. The number of nitrogens with two attached hydrogens (primary N) is 1. The minimum atomic E-state index is -0.134. The van der Waals surface area contributed by atoms with E-state index in [1.807, 2.05) is 0 Å². The fraction of sp³-hybridized carbons (Fsp3) is 0.562. The zero-order valence-corrected chi connectivity index (χ0v) is 11.9. The Kier molecular flexibility index (Phi) is 3.92. The number of carbonyl (C=O) groups is 1. The molecule has 2 aliphatic rings. The third-order valence-electron chi connectivity index (χ3n) is 4.60. The fourth-order valence-electron chi connectivity index (χ4n) is 3.45. The number of rotatable bonds is 4. The van der Waals surface area contributed by atoms with Crippen molar-refractivity contribution < 1.29 is 4.79 Å². The highest BCUT2D eigenvalue weighted by atomic mass is 16.1. The van der Waals surface area contributed by atoms with Crippen molar-refractivity contribution in [3.05, 3.63) is 30.3 Å². The average Bonchev–Trinajstić information content (AvgIpc) is 3.10. The molecule has 1 aromatic rings.